The van der Waals surface area contributed by atoms with Crippen LogP contribution in [0.25, 0.3) is 0 Å². The molecule has 4 N–H and O–H groups in total. The van der Waals surface area contributed by atoms with Crippen LogP contribution in [0.15, 0.2) is 68.8 Å². The van der Waals surface area contributed by atoms with Gasteiger partial charge in [0, 0.05) is 64.6 Å². The molecule has 2 saturated heterocycles. The molecule has 8 aliphatic rings. The van der Waals surface area contributed by atoms with Crippen LogP contribution in [0, 0.1) is 0 Å². The largest absolute Gasteiger partial charge is 0.461 e. The number of aryl methyl sites for hydroxylation is 1. The van der Waals surface area contributed by atoms with Crippen molar-refractivity contribution in [1.82, 2.24) is 29.3 Å². The number of aromatic nitrogens is 4. The first-order valence-corrected chi connectivity index (χ1v) is 27.4. The number of rotatable bonds is 24. The van der Waals surface area contributed by atoms with Crippen LogP contribution in [0.2, 0.25) is 0 Å². The number of likely N-dealkylation sites (N-methyl/N-ethyl adjacent to an activating group) is 1. The molecule has 24 heteroatoms. The zero-order valence-corrected chi connectivity index (χ0v) is 45.1. The Morgan fingerprint density at radius 3 is 1.72 bits per heavy atom. The predicted octanol–water partition coefficient (Wildman–Crippen LogP) is 2.90. The van der Waals surface area contributed by atoms with Gasteiger partial charge in [0.25, 0.3) is 11.1 Å². The third-order valence-corrected chi connectivity index (χ3v) is 14.8. The predicted molar refractivity (Wildman–Crippen MR) is 277 cm³/mol. The second-order valence-electron chi connectivity index (χ2n) is 20.9. The molecule has 6 saturated carbocycles. The molecule has 10 rings (SSSR count). The van der Waals surface area contributed by atoms with Gasteiger partial charge in [0.1, 0.15) is 32.3 Å². The van der Waals surface area contributed by atoms with Crippen molar-refractivity contribution in [1.29, 1.82) is 0 Å². The number of carbonyl (C=O) groups is 4. The average Bonchev–Trinajstić information content (AvgIpc) is 4.35. The Morgan fingerprint density at radius 1 is 0.718 bits per heavy atom. The Morgan fingerprint density at radius 2 is 1.23 bits per heavy atom. The first-order chi connectivity index (χ1) is 37.6. The summed E-state index contributed by atoms with van der Waals surface area (Å²) >= 11 is 0. The topological polar surface area (TPSA) is 297 Å². The van der Waals surface area contributed by atoms with E-state index < -0.39 is 45.5 Å². The van der Waals surface area contributed by atoms with Crippen molar-refractivity contribution in [2.24, 2.45) is 0 Å². The molecule has 24 nitrogen and oxygen atoms in total. The quantitative estimate of drug-likeness (QED) is 0.0667. The lowest BCUT2D eigenvalue weighted by molar-refractivity contribution is -0.191. The summed E-state index contributed by atoms with van der Waals surface area (Å²) in [6.07, 6.45) is 23.7. The first-order valence-electron chi connectivity index (χ1n) is 27.4. The van der Waals surface area contributed by atoms with E-state index in [-0.39, 0.29) is 86.5 Å². The van der Waals surface area contributed by atoms with Gasteiger partial charge in [0.15, 0.2) is 16.8 Å². The van der Waals surface area contributed by atoms with Crippen LogP contribution in [0.3, 0.4) is 0 Å². The molecule has 2 aliphatic heterocycles. The van der Waals surface area contributed by atoms with Gasteiger partial charge in [-0.15, -0.1) is 0 Å². The molecular formula is C54H78N6O18. The van der Waals surface area contributed by atoms with Gasteiger partial charge in [-0.2, -0.15) is 0 Å². The standard InChI is InChI=1S/C20H30N2O5.C17H24N2O6.C16H20N2O6.CH4O/c1-3-22(13-10-17(23)21-2)18-9-8-16(26-18)14-25-19(24)20(11-4-5-12-20)27-15-6-7-15;1-23-13(5-9-19-10-6-14(20)18-16(19)22)11-24-15(21)17(7-2-8-17)25-12-3-4-12;19-12-5-8-18(15(21)17-12)13-4-3-11(23-13)9-22-14(20)16(6-7-16)24-10-1-2-10;1-2/h3,10,13,15-16,18H,1,4-9,11-12,14H2,2H3,(H,21,23);6,10,12-13H,2-5,7-9,11H2,1H3,(H,18,20,22);5,8,10-11,13H,1-4,6-7,9H2,(H,17,19,21);2H,1H3/b13-10-;;;. The number of esters is 3. The highest BCUT2D eigenvalue weighted by Crippen LogP contribution is 2.46. The molecule has 78 heavy (non-hydrogen) atoms. The zero-order chi connectivity index (χ0) is 55.9. The van der Waals surface area contributed by atoms with Gasteiger partial charge in [0.05, 0.1) is 36.6 Å². The Balaban J connectivity index is 0.000000167. The zero-order valence-electron chi connectivity index (χ0n) is 45.1. The monoisotopic (exact) mass is 1100 g/mol. The van der Waals surface area contributed by atoms with Crippen molar-refractivity contribution in [3.05, 3.63) is 91.3 Å². The van der Waals surface area contributed by atoms with Crippen molar-refractivity contribution in [2.45, 2.75) is 201 Å². The summed E-state index contributed by atoms with van der Waals surface area (Å²) in [5.74, 6) is -1.04. The number of hydrogen-bond acceptors (Lipinski definition) is 19. The number of amides is 1. The molecule has 0 aromatic carbocycles. The van der Waals surface area contributed by atoms with Crippen LogP contribution < -0.4 is 27.8 Å². The van der Waals surface area contributed by atoms with E-state index in [0.717, 1.165) is 103 Å². The fourth-order valence-corrected chi connectivity index (χ4v) is 9.46. The SMILES string of the molecule is C=CN(/C=C\C(=O)NC)C1CCC(COC(=O)C2(OC3CC3)CCCC2)O1.CO.COC(CCn1ccc(=O)[nH]c1=O)COC(=O)C1(OC2CC2)CCC1.O=C(OCC1CCC(n2ccc(=O)[nH]c2=O)O1)C1(OC2CC2)CC1. The molecular weight excluding hydrogens is 1020 g/mol. The maximum absolute atomic E-state index is 12.7. The summed E-state index contributed by atoms with van der Waals surface area (Å²) in [7, 11) is 4.11. The summed E-state index contributed by atoms with van der Waals surface area (Å²) < 4.78 is 53.9. The molecule has 2 aromatic heterocycles. The van der Waals surface area contributed by atoms with Crippen LogP contribution in [0.4, 0.5) is 0 Å². The van der Waals surface area contributed by atoms with E-state index in [2.05, 4.69) is 21.9 Å². The summed E-state index contributed by atoms with van der Waals surface area (Å²) in [5.41, 5.74) is -4.04. The van der Waals surface area contributed by atoms with Gasteiger partial charge in [-0.05, 0) is 135 Å². The maximum atomic E-state index is 12.7. The van der Waals surface area contributed by atoms with Crippen molar-refractivity contribution in [2.75, 3.05) is 41.1 Å². The third kappa shape index (κ3) is 16.9. The Hall–Kier alpha value is -5.76. The van der Waals surface area contributed by atoms with Gasteiger partial charge in [-0.1, -0.05) is 6.58 Å². The maximum Gasteiger partial charge on any atom is 0.338 e. The number of H-pyrrole nitrogens is 2. The number of methoxy groups -OCH3 is 1. The molecule has 8 fully saturated rings. The van der Waals surface area contributed by atoms with Crippen LogP contribution in [0.5, 0.6) is 0 Å². The Kier molecular flexibility index (Phi) is 21.4. The highest BCUT2D eigenvalue weighted by atomic mass is 16.6. The molecule has 4 heterocycles. The number of nitrogens with zero attached hydrogens (tertiary/aromatic N) is 3. The summed E-state index contributed by atoms with van der Waals surface area (Å²) in [4.78, 5) is 100. The first kappa shape index (κ1) is 59.9. The van der Waals surface area contributed by atoms with Crippen LogP contribution >= 0.6 is 0 Å². The lowest BCUT2D eigenvalue weighted by atomic mass is 9.80. The minimum Gasteiger partial charge on any atom is -0.461 e. The molecule has 0 bridgehead atoms. The summed E-state index contributed by atoms with van der Waals surface area (Å²) in [6, 6.07) is 2.57. The van der Waals surface area contributed by atoms with Crippen molar-refractivity contribution >= 4 is 23.8 Å². The fourth-order valence-electron chi connectivity index (χ4n) is 9.46. The lowest BCUT2D eigenvalue weighted by Crippen LogP contribution is -2.50. The minimum atomic E-state index is -0.755. The highest BCUT2D eigenvalue weighted by Gasteiger charge is 2.56. The van der Waals surface area contributed by atoms with Gasteiger partial charge in [-0.3, -0.25) is 28.9 Å². The van der Waals surface area contributed by atoms with Crippen molar-refractivity contribution < 1.29 is 66.9 Å². The molecule has 2 aromatic rings. The van der Waals surface area contributed by atoms with E-state index in [9.17, 15) is 38.4 Å². The van der Waals surface area contributed by atoms with E-state index in [1.807, 2.05) is 0 Å². The number of aliphatic hydroxyl groups is 1. The summed E-state index contributed by atoms with van der Waals surface area (Å²) in [5, 5.41) is 9.53. The molecule has 432 valence electrons. The van der Waals surface area contributed by atoms with E-state index in [1.54, 1.807) is 24.3 Å². The van der Waals surface area contributed by atoms with Gasteiger partial charge >= 0.3 is 29.3 Å². The number of aromatic amines is 2. The number of hydrogen-bond donors (Lipinski definition) is 4. The van der Waals surface area contributed by atoms with Gasteiger partial charge in [-0.25, -0.2) is 24.0 Å². The second kappa shape index (κ2) is 27.9. The molecule has 0 spiro atoms. The second-order valence-corrected chi connectivity index (χ2v) is 20.9. The molecule has 5 atom stereocenters. The van der Waals surface area contributed by atoms with Gasteiger partial charge < -0.3 is 62.5 Å². The molecule has 6 aliphatic carbocycles. The van der Waals surface area contributed by atoms with Crippen molar-refractivity contribution in [3.8, 4) is 0 Å². The van der Waals surface area contributed by atoms with E-state index in [4.69, 9.17) is 47.7 Å². The smallest absolute Gasteiger partial charge is 0.338 e. The normalized spacial score (nSPS) is 24.3. The van der Waals surface area contributed by atoms with Gasteiger partial charge in [0.2, 0.25) is 5.91 Å². The third-order valence-electron chi connectivity index (χ3n) is 14.8. The number of nitrogens with one attached hydrogen (secondary N) is 3. The fraction of sp³-hybridized carbons (Fsp3) is 0.704. The molecule has 5 unspecified atom stereocenters. The molecule has 0 radical (unpaired) electrons. The summed E-state index contributed by atoms with van der Waals surface area (Å²) in [6.45, 7) is 4.62. The van der Waals surface area contributed by atoms with E-state index in [1.165, 1.54) is 46.8 Å². The van der Waals surface area contributed by atoms with E-state index >= 15 is 0 Å². The lowest BCUT2D eigenvalue weighted by Gasteiger charge is -2.39. The van der Waals surface area contributed by atoms with E-state index in [0.29, 0.717) is 38.6 Å². The Labute approximate surface area is 452 Å². The van der Waals surface area contributed by atoms with Crippen LogP contribution in [-0.2, 0) is 68.4 Å². The highest BCUT2D eigenvalue weighted by molar-refractivity contribution is 5.87. The number of carbonyl (C=O) groups excluding carboxylic acids is 4. The van der Waals surface area contributed by atoms with Crippen LogP contribution in [-0.4, -0.2) is 154 Å². The number of ether oxygens (including phenoxy) is 9. The minimum absolute atomic E-state index is 0.114. The number of aliphatic hydroxyl groups excluding tert-OH is 1. The Bertz CT molecular complexity index is 2600. The molecule has 1 amide bonds. The average molecular weight is 1100 g/mol. The van der Waals surface area contributed by atoms with Crippen molar-refractivity contribution in [3.63, 3.8) is 0 Å². The van der Waals surface area contributed by atoms with Crippen LogP contribution in [0.1, 0.15) is 135 Å².